The molecule has 0 atom stereocenters. The van der Waals surface area contributed by atoms with Gasteiger partial charge in [-0.1, -0.05) is 101 Å². The monoisotopic (exact) mass is 540 g/mol. The molecule has 4 aromatic carbocycles. The molecular weight excluding hydrogens is 504 g/mol. The third-order valence-electron chi connectivity index (χ3n) is 8.62. The summed E-state index contributed by atoms with van der Waals surface area (Å²) in [5.41, 5.74) is 5.86. The number of carboxylic acids is 1. The number of anilines is 1. The van der Waals surface area contributed by atoms with Gasteiger partial charge in [0.1, 0.15) is 0 Å². The summed E-state index contributed by atoms with van der Waals surface area (Å²) in [6.07, 6.45) is 3.81. The van der Waals surface area contributed by atoms with Gasteiger partial charge in [0.15, 0.2) is 0 Å². The minimum absolute atomic E-state index is 0.00855. The highest BCUT2D eigenvalue weighted by molar-refractivity contribution is 5.95. The summed E-state index contributed by atoms with van der Waals surface area (Å²) in [6, 6.07) is 27.5. The van der Waals surface area contributed by atoms with Gasteiger partial charge in [0.05, 0.1) is 18.1 Å². The van der Waals surface area contributed by atoms with E-state index >= 15 is 0 Å². The quantitative estimate of drug-likeness (QED) is 0.188. The molecule has 5 rings (SSSR count). The fourth-order valence-corrected chi connectivity index (χ4v) is 6.44. The molecular formula is C37H36N2O2. The minimum atomic E-state index is -0.854. The van der Waals surface area contributed by atoms with Crippen molar-refractivity contribution in [3.63, 3.8) is 0 Å². The molecule has 0 amide bonds. The third-order valence-corrected chi connectivity index (χ3v) is 8.62. The lowest BCUT2D eigenvalue weighted by Crippen LogP contribution is -2.28. The lowest BCUT2D eigenvalue weighted by atomic mass is 9.73. The van der Waals surface area contributed by atoms with E-state index in [2.05, 4.69) is 107 Å². The molecule has 1 aliphatic heterocycles. The van der Waals surface area contributed by atoms with Gasteiger partial charge < -0.3 is 10.0 Å². The number of carbonyl (C=O) groups is 1. The standard InChI is InChI=1S/C37H36N2O2/c1-24-15-16-27-11-7-9-13-29(27)34(24)36(3,4)25(2)21-26(23-38)22-32-37(5,6)35-30-14-10-8-12-28(30)17-18-31(35)39(32)20-19-33(40)41/h7-18,21-22H,2,19-20H2,1,3-6H3,(H,40,41)/b26-21-,32-22-. The topological polar surface area (TPSA) is 64.3 Å². The average molecular weight is 541 g/mol. The lowest BCUT2D eigenvalue weighted by molar-refractivity contribution is -0.136. The predicted octanol–water partition coefficient (Wildman–Crippen LogP) is 8.74. The maximum atomic E-state index is 11.6. The largest absolute Gasteiger partial charge is 0.481 e. The summed E-state index contributed by atoms with van der Waals surface area (Å²) in [5.74, 6) is -0.854. The van der Waals surface area contributed by atoms with Crippen molar-refractivity contribution in [3.8, 4) is 6.07 Å². The van der Waals surface area contributed by atoms with E-state index in [0.717, 1.165) is 33.3 Å². The second-order valence-electron chi connectivity index (χ2n) is 12.0. The van der Waals surface area contributed by atoms with Crippen molar-refractivity contribution in [1.82, 2.24) is 0 Å². The molecule has 0 unspecified atom stereocenters. The Labute approximate surface area is 242 Å². The van der Waals surface area contributed by atoms with E-state index in [1.807, 2.05) is 30.4 Å². The Balaban J connectivity index is 1.62. The summed E-state index contributed by atoms with van der Waals surface area (Å²) in [7, 11) is 0. The molecule has 1 heterocycles. The molecule has 0 spiro atoms. The summed E-state index contributed by atoms with van der Waals surface area (Å²) in [6.45, 7) is 15.5. The van der Waals surface area contributed by atoms with Gasteiger partial charge in [0.2, 0.25) is 0 Å². The van der Waals surface area contributed by atoms with E-state index in [4.69, 9.17) is 0 Å². The molecule has 41 heavy (non-hydrogen) atoms. The van der Waals surface area contributed by atoms with Crippen molar-refractivity contribution in [2.24, 2.45) is 0 Å². The Morgan fingerprint density at radius 1 is 1.00 bits per heavy atom. The van der Waals surface area contributed by atoms with Crippen LogP contribution in [0.4, 0.5) is 5.69 Å². The lowest BCUT2D eigenvalue weighted by Gasteiger charge is -2.30. The van der Waals surface area contributed by atoms with E-state index in [9.17, 15) is 15.2 Å². The molecule has 0 aromatic heterocycles. The second kappa shape index (κ2) is 10.4. The number of fused-ring (bicyclic) bond motifs is 4. The number of aryl methyl sites for hydroxylation is 1. The molecule has 0 fully saturated rings. The van der Waals surface area contributed by atoms with Gasteiger partial charge in [-0.05, 0) is 69.0 Å². The van der Waals surface area contributed by atoms with Gasteiger partial charge in [-0.25, -0.2) is 0 Å². The van der Waals surface area contributed by atoms with E-state index in [0.29, 0.717) is 12.1 Å². The zero-order valence-electron chi connectivity index (χ0n) is 24.5. The highest BCUT2D eigenvalue weighted by atomic mass is 16.4. The molecule has 4 aromatic rings. The van der Waals surface area contributed by atoms with E-state index < -0.39 is 16.8 Å². The first-order chi connectivity index (χ1) is 19.5. The van der Waals surface area contributed by atoms with Crippen LogP contribution in [0.25, 0.3) is 21.5 Å². The zero-order valence-corrected chi connectivity index (χ0v) is 24.5. The maximum absolute atomic E-state index is 11.6. The minimum Gasteiger partial charge on any atom is -0.481 e. The number of hydrogen-bond donors (Lipinski definition) is 1. The van der Waals surface area contributed by atoms with Gasteiger partial charge >= 0.3 is 5.97 Å². The van der Waals surface area contributed by atoms with Gasteiger partial charge in [-0.15, -0.1) is 0 Å². The summed E-state index contributed by atoms with van der Waals surface area (Å²) < 4.78 is 0. The molecule has 0 bridgehead atoms. The molecule has 0 saturated heterocycles. The second-order valence-corrected chi connectivity index (χ2v) is 12.0. The Hall–Kier alpha value is -4.62. The van der Waals surface area contributed by atoms with Crippen molar-refractivity contribution in [1.29, 1.82) is 5.26 Å². The number of nitriles is 1. The van der Waals surface area contributed by atoms with E-state index in [-0.39, 0.29) is 6.42 Å². The van der Waals surface area contributed by atoms with Crippen molar-refractivity contribution in [3.05, 3.63) is 125 Å². The molecule has 4 nitrogen and oxygen atoms in total. The van der Waals surface area contributed by atoms with Crippen molar-refractivity contribution >= 4 is 33.2 Å². The molecule has 206 valence electrons. The first-order valence-corrected chi connectivity index (χ1v) is 14.0. The first kappa shape index (κ1) is 27.9. The number of benzene rings is 4. The predicted molar refractivity (Wildman–Crippen MR) is 169 cm³/mol. The van der Waals surface area contributed by atoms with Crippen LogP contribution in [-0.2, 0) is 15.6 Å². The van der Waals surface area contributed by atoms with Crippen LogP contribution in [0.2, 0.25) is 0 Å². The number of hydrogen-bond acceptors (Lipinski definition) is 3. The normalized spacial score (nSPS) is 15.8. The molecule has 0 aliphatic carbocycles. The van der Waals surface area contributed by atoms with Gasteiger partial charge in [-0.2, -0.15) is 5.26 Å². The molecule has 0 radical (unpaired) electrons. The van der Waals surface area contributed by atoms with Crippen molar-refractivity contribution in [2.75, 3.05) is 11.4 Å². The smallest absolute Gasteiger partial charge is 0.305 e. The number of aliphatic carboxylic acids is 1. The fraction of sp³-hybridized carbons (Fsp3) is 0.243. The Bertz CT molecular complexity index is 1810. The molecule has 1 N–H and O–H groups in total. The van der Waals surface area contributed by atoms with Crippen molar-refractivity contribution in [2.45, 2.75) is 51.9 Å². The van der Waals surface area contributed by atoms with Gasteiger partial charge in [0.25, 0.3) is 0 Å². The number of nitrogens with zero attached hydrogens (tertiary/aromatic N) is 2. The SMILES string of the molecule is C=C(/C=C(C#N)/C=C1\N(CCC(=O)O)c2ccc3ccccc3c2C1(C)C)C(C)(C)c1c(C)ccc2ccccc12. The van der Waals surface area contributed by atoms with Crippen LogP contribution in [-0.4, -0.2) is 17.6 Å². The van der Waals surface area contributed by atoms with Crippen LogP contribution in [0.3, 0.4) is 0 Å². The maximum Gasteiger partial charge on any atom is 0.305 e. The summed E-state index contributed by atoms with van der Waals surface area (Å²) in [5, 5.41) is 24.5. The van der Waals surface area contributed by atoms with Gasteiger partial charge in [-0.3, -0.25) is 4.79 Å². The molecule has 4 heteroatoms. The van der Waals surface area contributed by atoms with E-state index in [1.165, 1.54) is 21.9 Å². The third kappa shape index (κ3) is 4.83. The highest BCUT2D eigenvalue weighted by Crippen LogP contribution is 2.51. The number of carboxylic acid groups (broad SMARTS) is 1. The molecule has 1 aliphatic rings. The fourth-order valence-electron chi connectivity index (χ4n) is 6.44. The van der Waals surface area contributed by atoms with Crippen LogP contribution in [0, 0.1) is 18.3 Å². The van der Waals surface area contributed by atoms with E-state index in [1.54, 1.807) is 0 Å². The van der Waals surface area contributed by atoms with Crippen LogP contribution in [0.15, 0.2) is 108 Å². The Morgan fingerprint density at radius 2 is 1.61 bits per heavy atom. The van der Waals surface area contributed by atoms with Crippen LogP contribution in [0.5, 0.6) is 0 Å². The average Bonchev–Trinajstić information content (AvgIpc) is 3.16. The van der Waals surface area contributed by atoms with Crippen molar-refractivity contribution < 1.29 is 9.90 Å². The van der Waals surface area contributed by atoms with Crippen LogP contribution in [0.1, 0.15) is 50.8 Å². The molecule has 0 saturated carbocycles. The number of allylic oxidation sites excluding steroid dienone is 5. The summed E-state index contributed by atoms with van der Waals surface area (Å²) in [4.78, 5) is 13.7. The number of rotatable bonds is 7. The van der Waals surface area contributed by atoms with Crippen LogP contribution >= 0.6 is 0 Å². The highest BCUT2D eigenvalue weighted by Gasteiger charge is 2.41. The Morgan fingerprint density at radius 3 is 2.27 bits per heavy atom. The summed E-state index contributed by atoms with van der Waals surface area (Å²) >= 11 is 0. The first-order valence-electron chi connectivity index (χ1n) is 14.0. The zero-order chi connectivity index (χ0) is 29.5. The van der Waals surface area contributed by atoms with Crippen LogP contribution < -0.4 is 4.90 Å². The Kier molecular flexibility index (Phi) is 7.09. The van der Waals surface area contributed by atoms with Gasteiger partial charge in [0, 0.05) is 28.8 Å².